The molecule has 0 unspecified atom stereocenters. The first-order valence-electron chi connectivity index (χ1n) is 5.98. The number of aliphatic carboxylic acids is 1. The Morgan fingerprint density at radius 1 is 1.00 bits per heavy atom. The summed E-state index contributed by atoms with van der Waals surface area (Å²) < 4.78 is 0. The third kappa shape index (κ3) is 5.04. The Kier molecular flexibility index (Phi) is 5.63. The van der Waals surface area contributed by atoms with E-state index in [-0.39, 0.29) is 44.2 Å². The van der Waals surface area contributed by atoms with Crippen LogP contribution in [0.5, 0.6) is 0 Å². The highest BCUT2D eigenvalue weighted by Gasteiger charge is 2.28. The van der Waals surface area contributed by atoms with Crippen LogP contribution in [0.1, 0.15) is 19.3 Å². The molecule has 0 bridgehead atoms. The minimum absolute atomic E-state index is 0.0136. The van der Waals surface area contributed by atoms with E-state index in [1.165, 1.54) is 0 Å². The number of amides is 4. The van der Waals surface area contributed by atoms with Gasteiger partial charge in [-0.2, -0.15) is 0 Å². The third-order valence-electron chi connectivity index (χ3n) is 2.60. The Labute approximate surface area is 114 Å². The number of rotatable bonds is 7. The monoisotopic (exact) mass is 285 g/mol. The van der Waals surface area contributed by atoms with Crippen molar-refractivity contribution in [2.75, 3.05) is 19.6 Å². The molecule has 9 heteroatoms. The van der Waals surface area contributed by atoms with Crippen LogP contribution in [0.15, 0.2) is 0 Å². The van der Waals surface area contributed by atoms with Gasteiger partial charge in [0, 0.05) is 25.8 Å². The third-order valence-corrected chi connectivity index (χ3v) is 2.60. The summed E-state index contributed by atoms with van der Waals surface area (Å²) in [5.41, 5.74) is 0. The van der Waals surface area contributed by atoms with E-state index in [1.54, 1.807) is 0 Å². The molecule has 3 N–H and O–H groups in total. The van der Waals surface area contributed by atoms with Gasteiger partial charge >= 0.3 is 5.97 Å². The van der Waals surface area contributed by atoms with E-state index in [4.69, 9.17) is 5.11 Å². The van der Waals surface area contributed by atoms with Crippen LogP contribution >= 0.6 is 0 Å². The maximum absolute atomic E-state index is 11.4. The van der Waals surface area contributed by atoms with Crippen LogP contribution in [-0.2, 0) is 24.0 Å². The molecule has 1 saturated heterocycles. The fourth-order valence-electron chi connectivity index (χ4n) is 1.59. The lowest BCUT2D eigenvalue weighted by Gasteiger charge is -2.13. The first kappa shape index (κ1) is 15.6. The zero-order valence-electron chi connectivity index (χ0n) is 10.7. The van der Waals surface area contributed by atoms with Crippen LogP contribution < -0.4 is 10.6 Å². The molecule has 20 heavy (non-hydrogen) atoms. The summed E-state index contributed by atoms with van der Waals surface area (Å²) >= 11 is 0. The van der Waals surface area contributed by atoms with Gasteiger partial charge in [-0.15, -0.1) is 0 Å². The highest BCUT2D eigenvalue weighted by molar-refractivity contribution is 6.02. The number of carboxylic acid groups (broad SMARTS) is 1. The first-order valence-corrected chi connectivity index (χ1v) is 5.98. The number of imide groups is 1. The highest BCUT2D eigenvalue weighted by atomic mass is 16.4. The van der Waals surface area contributed by atoms with Crippen LogP contribution in [0, 0.1) is 0 Å². The smallest absolute Gasteiger partial charge is 0.322 e. The maximum Gasteiger partial charge on any atom is 0.322 e. The average Bonchev–Trinajstić information content (AvgIpc) is 2.71. The molecular weight excluding hydrogens is 270 g/mol. The SMILES string of the molecule is O=C(O)CNC(=O)CNC(=O)CCN1C(=O)CCC1=O. The summed E-state index contributed by atoms with van der Waals surface area (Å²) in [6.07, 6.45) is 0.236. The number of nitrogens with one attached hydrogen (secondary N) is 2. The van der Waals surface area contributed by atoms with Gasteiger partial charge in [-0.3, -0.25) is 28.9 Å². The quantitative estimate of drug-likeness (QED) is 0.456. The number of likely N-dealkylation sites (tertiary alicyclic amines) is 1. The largest absolute Gasteiger partial charge is 0.480 e. The number of hydrogen-bond donors (Lipinski definition) is 3. The second kappa shape index (κ2) is 7.22. The molecule has 0 radical (unpaired) electrons. The summed E-state index contributed by atoms with van der Waals surface area (Å²) in [7, 11) is 0. The van der Waals surface area contributed by atoms with Gasteiger partial charge < -0.3 is 15.7 Å². The molecule has 1 aliphatic rings. The van der Waals surface area contributed by atoms with Crippen molar-refractivity contribution in [1.29, 1.82) is 0 Å². The Bertz CT molecular complexity index is 431. The second-order valence-corrected chi connectivity index (χ2v) is 4.14. The van der Waals surface area contributed by atoms with Gasteiger partial charge in [0.1, 0.15) is 6.54 Å². The lowest BCUT2D eigenvalue weighted by Crippen LogP contribution is -2.40. The summed E-state index contributed by atoms with van der Waals surface area (Å²) in [6, 6.07) is 0. The van der Waals surface area contributed by atoms with Crippen molar-refractivity contribution in [3.63, 3.8) is 0 Å². The molecule has 0 atom stereocenters. The van der Waals surface area contributed by atoms with Crippen molar-refractivity contribution in [1.82, 2.24) is 15.5 Å². The Morgan fingerprint density at radius 3 is 2.10 bits per heavy atom. The van der Waals surface area contributed by atoms with Crippen molar-refractivity contribution in [2.24, 2.45) is 0 Å². The van der Waals surface area contributed by atoms with E-state index in [0.717, 1.165) is 4.90 Å². The van der Waals surface area contributed by atoms with Crippen molar-refractivity contribution in [2.45, 2.75) is 19.3 Å². The number of carbonyl (C=O) groups is 5. The van der Waals surface area contributed by atoms with E-state index >= 15 is 0 Å². The first-order chi connectivity index (χ1) is 9.40. The molecule has 0 aliphatic carbocycles. The molecule has 9 nitrogen and oxygen atoms in total. The van der Waals surface area contributed by atoms with Gasteiger partial charge in [0.15, 0.2) is 0 Å². The van der Waals surface area contributed by atoms with Crippen molar-refractivity contribution in [3.8, 4) is 0 Å². The summed E-state index contributed by atoms with van der Waals surface area (Å²) in [4.78, 5) is 56.2. The molecule has 1 heterocycles. The van der Waals surface area contributed by atoms with Gasteiger partial charge in [-0.1, -0.05) is 0 Å². The number of carbonyl (C=O) groups excluding carboxylic acids is 4. The average molecular weight is 285 g/mol. The Hall–Kier alpha value is -2.45. The predicted molar refractivity (Wildman–Crippen MR) is 64.2 cm³/mol. The molecule has 0 saturated carbocycles. The number of nitrogens with zero attached hydrogens (tertiary/aromatic N) is 1. The van der Waals surface area contributed by atoms with E-state index < -0.39 is 24.3 Å². The molecule has 0 spiro atoms. The topological polar surface area (TPSA) is 133 Å². The zero-order chi connectivity index (χ0) is 15.1. The highest BCUT2D eigenvalue weighted by Crippen LogP contribution is 2.11. The van der Waals surface area contributed by atoms with Crippen molar-refractivity contribution in [3.05, 3.63) is 0 Å². The van der Waals surface area contributed by atoms with Crippen molar-refractivity contribution < 1.29 is 29.1 Å². The zero-order valence-corrected chi connectivity index (χ0v) is 10.7. The fourth-order valence-corrected chi connectivity index (χ4v) is 1.59. The van der Waals surface area contributed by atoms with E-state index in [1.807, 2.05) is 0 Å². The molecule has 1 rings (SSSR count). The van der Waals surface area contributed by atoms with Gasteiger partial charge in [-0.05, 0) is 0 Å². The van der Waals surface area contributed by atoms with Crippen molar-refractivity contribution >= 4 is 29.6 Å². The Balaban J connectivity index is 2.20. The molecule has 4 amide bonds. The van der Waals surface area contributed by atoms with Gasteiger partial charge in [0.25, 0.3) is 0 Å². The molecule has 110 valence electrons. The molecule has 1 aliphatic heterocycles. The predicted octanol–water partition coefficient (Wildman–Crippen LogP) is -2.16. The molecule has 0 aromatic heterocycles. The summed E-state index contributed by atoms with van der Waals surface area (Å²) in [5, 5.41) is 12.7. The lowest BCUT2D eigenvalue weighted by molar-refractivity contribution is -0.139. The summed E-state index contributed by atoms with van der Waals surface area (Å²) in [6.45, 7) is -0.889. The standard InChI is InChI=1S/C11H15N3O6/c15-7(12-5-8(16)13-6-11(19)20)3-4-14-9(17)1-2-10(14)18/h1-6H2,(H,12,15)(H,13,16)(H,19,20). The van der Waals surface area contributed by atoms with Crippen LogP contribution in [0.4, 0.5) is 0 Å². The normalized spacial score (nSPS) is 14.3. The Morgan fingerprint density at radius 2 is 1.55 bits per heavy atom. The molecule has 1 fully saturated rings. The molecule has 0 aromatic rings. The molecule has 0 aromatic carbocycles. The summed E-state index contributed by atoms with van der Waals surface area (Å²) in [5.74, 6) is -2.92. The van der Waals surface area contributed by atoms with Crippen LogP contribution in [0.25, 0.3) is 0 Å². The maximum atomic E-state index is 11.4. The van der Waals surface area contributed by atoms with E-state index in [9.17, 15) is 24.0 Å². The fraction of sp³-hybridized carbons (Fsp3) is 0.545. The van der Waals surface area contributed by atoms with Gasteiger partial charge in [-0.25, -0.2) is 0 Å². The van der Waals surface area contributed by atoms with E-state index in [0.29, 0.717) is 0 Å². The minimum atomic E-state index is -1.18. The minimum Gasteiger partial charge on any atom is -0.480 e. The second-order valence-electron chi connectivity index (χ2n) is 4.14. The number of hydrogen-bond acceptors (Lipinski definition) is 5. The number of carboxylic acids is 1. The lowest BCUT2D eigenvalue weighted by atomic mass is 10.3. The van der Waals surface area contributed by atoms with Gasteiger partial charge in [0.2, 0.25) is 23.6 Å². The van der Waals surface area contributed by atoms with Crippen LogP contribution in [-0.4, -0.2) is 59.2 Å². The van der Waals surface area contributed by atoms with E-state index in [2.05, 4.69) is 10.6 Å². The molecular formula is C11H15N3O6. The van der Waals surface area contributed by atoms with Crippen LogP contribution in [0.3, 0.4) is 0 Å². The van der Waals surface area contributed by atoms with Gasteiger partial charge in [0.05, 0.1) is 6.54 Å². The van der Waals surface area contributed by atoms with Crippen LogP contribution in [0.2, 0.25) is 0 Å².